The van der Waals surface area contributed by atoms with Crippen molar-refractivity contribution in [3.8, 4) is 28.3 Å². The fraction of sp³-hybridized carbons (Fsp3) is 0.0357. The van der Waals surface area contributed by atoms with Crippen molar-refractivity contribution in [1.29, 1.82) is 0 Å². The molecule has 0 bridgehead atoms. The van der Waals surface area contributed by atoms with E-state index in [2.05, 4.69) is 25.5 Å². The number of nitrogens with zero attached hydrogens (tertiary/aromatic N) is 2. The number of methoxy groups -OCH3 is 1. The van der Waals surface area contributed by atoms with Gasteiger partial charge in [0.15, 0.2) is 0 Å². The number of benzene rings is 4. The highest BCUT2D eigenvalue weighted by atomic mass is 16.5. The number of rotatable bonds is 5. The van der Waals surface area contributed by atoms with Gasteiger partial charge < -0.3 is 15.0 Å². The van der Waals surface area contributed by atoms with Gasteiger partial charge in [-0.25, -0.2) is 4.98 Å². The number of imidazole rings is 1. The van der Waals surface area contributed by atoms with Gasteiger partial charge in [-0.3, -0.25) is 9.89 Å². The number of amides is 1. The number of ether oxygens (including phenoxy) is 1. The van der Waals surface area contributed by atoms with Gasteiger partial charge in [-0.05, 0) is 72.3 Å². The van der Waals surface area contributed by atoms with Crippen LogP contribution in [0.25, 0.3) is 44.5 Å². The molecule has 1 amide bonds. The average molecular weight is 460 g/mol. The van der Waals surface area contributed by atoms with Crippen LogP contribution in [0.15, 0.2) is 91.1 Å². The van der Waals surface area contributed by atoms with Crippen molar-refractivity contribution >= 4 is 33.5 Å². The van der Waals surface area contributed by atoms with E-state index in [0.717, 1.165) is 44.5 Å². The Bertz CT molecular complexity index is 1650. The van der Waals surface area contributed by atoms with Crippen LogP contribution in [0.3, 0.4) is 0 Å². The molecule has 0 atom stereocenters. The summed E-state index contributed by atoms with van der Waals surface area (Å²) in [4.78, 5) is 21.0. The van der Waals surface area contributed by atoms with Gasteiger partial charge in [0.2, 0.25) is 0 Å². The first-order valence-corrected chi connectivity index (χ1v) is 11.2. The summed E-state index contributed by atoms with van der Waals surface area (Å²) in [5.74, 6) is 1.29. The number of hydrogen-bond donors (Lipinski definition) is 3. The molecule has 6 rings (SSSR count). The second-order valence-electron chi connectivity index (χ2n) is 8.22. The second-order valence-corrected chi connectivity index (χ2v) is 8.22. The molecule has 7 nitrogen and oxygen atoms in total. The number of H-pyrrole nitrogens is 2. The lowest BCUT2D eigenvalue weighted by atomic mass is 10.00. The van der Waals surface area contributed by atoms with Crippen molar-refractivity contribution in [1.82, 2.24) is 20.2 Å². The Morgan fingerprint density at radius 3 is 2.54 bits per heavy atom. The van der Waals surface area contributed by atoms with E-state index in [-0.39, 0.29) is 5.91 Å². The van der Waals surface area contributed by atoms with Gasteiger partial charge in [0.25, 0.3) is 5.91 Å². The third kappa shape index (κ3) is 3.89. The van der Waals surface area contributed by atoms with Crippen LogP contribution in [-0.2, 0) is 0 Å². The number of para-hydroxylation sites is 2. The molecule has 0 aliphatic heterocycles. The third-order valence-electron chi connectivity index (χ3n) is 6.02. The van der Waals surface area contributed by atoms with Gasteiger partial charge in [0.05, 0.1) is 29.9 Å². The Kier molecular flexibility index (Phi) is 5.00. The number of aromatic nitrogens is 4. The first-order valence-electron chi connectivity index (χ1n) is 11.2. The van der Waals surface area contributed by atoms with Gasteiger partial charge in [0.1, 0.15) is 11.6 Å². The highest BCUT2D eigenvalue weighted by Crippen LogP contribution is 2.33. The minimum Gasteiger partial charge on any atom is -0.496 e. The van der Waals surface area contributed by atoms with Crippen LogP contribution in [0.4, 0.5) is 5.69 Å². The predicted octanol–water partition coefficient (Wildman–Crippen LogP) is 6.03. The molecule has 170 valence electrons. The second kappa shape index (κ2) is 8.46. The van der Waals surface area contributed by atoms with E-state index in [0.29, 0.717) is 17.0 Å². The number of carbonyl (C=O) groups is 1. The fourth-order valence-corrected chi connectivity index (χ4v) is 4.19. The molecule has 0 aliphatic carbocycles. The van der Waals surface area contributed by atoms with Crippen LogP contribution in [0.5, 0.6) is 5.75 Å². The predicted molar refractivity (Wildman–Crippen MR) is 138 cm³/mol. The molecule has 0 fully saturated rings. The Hall–Kier alpha value is -4.91. The van der Waals surface area contributed by atoms with E-state index in [1.165, 1.54) is 0 Å². The summed E-state index contributed by atoms with van der Waals surface area (Å²) in [5, 5.41) is 11.0. The van der Waals surface area contributed by atoms with Crippen molar-refractivity contribution < 1.29 is 9.53 Å². The van der Waals surface area contributed by atoms with E-state index in [4.69, 9.17) is 4.74 Å². The maximum atomic E-state index is 13.1. The molecule has 4 aromatic carbocycles. The van der Waals surface area contributed by atoms with Crippen molar-refractivity contribution in [3.05, 3.63) is 96.7 Å². The lowest BCUT2D eigenvalue weighted by Crippen LogP contribution is -2.12. The molecule has 0 radical (unpaired) electrons. The Morgan fingerprint density at radius 1 is 0.886 bits per heavy atom. The maximum absolute atomic E-state index is 13.1. The molecule has 7 heteroatoms. The van der Waals surface area contributed by atoms with Gasteiger partial charge in [-0.15, -0.1) is 0 Å². The maximum Gasteiger partial charge on any atom is 0.255 e. The lowest BCUT2D eigenvalue weighted by molar-refractivity contribution is 0.102. The van der Waals surface area contributed by atoms with Gasteiger partial charge >= 0.3 is 0 Å². The van der Waals surface area contributed by atoms with Gasteiger partial charge in [-0.1, -0.05) is 18.2 Å². The fourth-order valence-electron chi connectivity index (χ4n) is 4.19. The Morgan fingerprint density at radius 2 is 1.71 bits per heavy atom. The number of anilines is 1. The highest BCUT2D eigenvalue weighted by Gasteiger charge is 2.13. The topological polar surface area (TPSA) is 95.7 Å². The Balaban J connectivity index is 1.25. The molecule has 0 saturated heterocycles. The van der Waals surface area contributed by atoms with Crippen LogP contribution < -0.4 is 10.1 Å². The third-order valence-corrected chi connectivity index (χ3v) is 6.02. The summed E-state index contributed by atoms with van der Waals surface area (Å²) >= 11 is 0. The van der Waals surface area contributed by atoms with E-state index in [1.807, 2.05) is 78.9 Å². The summed E-state index contributed by atoms with van der Waals surface area (Å²) in [5.41, 5.74) is 6.82. The normalized spacial score (nSPS) is 11.1. The number of carbonyl (C=O) groups excluding carboxylic acids is 1. The van der Waals surface area contributed by atoms with E-state index >= 15 is 0 Å². The monoisotopic (exact) mass is 459 g/mol. The zero-order valence-corrected chi connectivity index (χ0v) is 18.9. The van der Waals surface area contributed by atoms with E-state index in [9.17, 15) is 4.79 Å². The van der Waals surface area contributed by atoms with Crippen molar-refractivity contribution in [2.75, 3.05) is 12.4 Å². The molecular formula is C28H21N5O2. The van der Waals surface area contributed by atoms with Crippen molar-refractivity contribution in [2.24, 2.45) is 0 Å². The summed E-state index contributed by atoms with van der Waals surface area (Å²) < 4.78 is 5.56. The summed E-state index contributed by atoms with van der Waals surface area (Å²) in [6, 6.07) is 26.9. The minimum absolute atomic E-state index is 0.199. The van der Waals surface area contributed by atoms with Crippen LogP contribution in [0, 0.1) is 0 Å². The molecule has 2 heterocycles. The first-order chi connectivity index (χ1) is 17.2. The lowest BCUT2D eigenvalue weighted by Gasteiger charge is -2.12. The number of aromatic amines is 2. The largest absolute Gasteiger partial charge is 0.496 e. The SMILES string of the molecule is COc1ccc(C(=O)Nc2ccc(-c3nc4ccccc4[nH]3)cc2)cc1-c1ccc2[nH]ncc2c1. The molecule has 35 heavy (non-hydrogen) atoms. The smallest absolute Gasteiger partial charge is 0.255 e. The standard InChI is InChI=1S/C28H21N5O2/c1-35-26-13-9-19(15-22(26)18-8-12-23-20(14-18)16-29-33-23)28(34)30-21-10-6-17(7-11-21)27-31-24-4-2-3-5-25(24)32-27/h2-16H,1H3,(H,29,33)(H,30,34)(H,31,32). The number of fused-ring (bicyclic) bond motifs is 2. The molecule has 3 N–H and O–H groups in total. The number of nitrogens with one attached hydrogen (secondary N) is 3. The quantitative estimate of drug-likeness (QED) is 0.293. The van der Waals surface area contributed by atoms with Crippen LogP contribution in [-0.4, -0.2) is 33.2 Å². The van der Waals surface area contributed by atoms with Crippen molar-refractivity contribution in [2.45, 2.75) is 0 Å². The zero-order chi connectivity index (χ0) is 23.8. The minimum atomic E-state index is -0.199. The van der Waals surface area contributed by atoms with Crippen molar-refractivity contribution in [3.63, 3.8) is 0 Å². The number of hydrogen-bond acceptors (Lipinski definition) is 4. The van der Waals surface area contributed by atoms with Crippen LogP contribution >= 0.6 is 0 Å². The molecule has 0 aliphatic rings. The Labute approximate surface area is 200 Å². The van der Waals surface area contributed by atoms with Crippen LogP contribution in [0.2, 0.25) is 0 Å². The first kappa shape index (κ1) is 20.7. The van der Waals surface area contributed by atoms with Crippen LogP contribution in [0.1, 0.15) is 10.4 Å². The van der Waals surface area contributed by atoms with E-state index < -0.39 is 0 Å². The van der Waals surface area contributed by atoms with E-state index in [1.54, 1.807) is 19.4 Å². The molecule has 0 saturated carbocycles. The molecule has 6 aromatic rings. The zero-order valence-electron chi connectivity index (χ0n) is 18.9. The van der Waals surface area contributed by atoms with Gasteiger partial charge in [-0.2, -0.15) is 5.10 Å². The summed E-state index contributed by atoms with van der Waals surface area (Å²) in [7, 11) is 1.62. The summed E-state index contributed by atoms with van der Waals surface area (Å²) in [6.07, 6.45) is 1.77. The summed E-state index contributed by atoms with van der Waals surface area (Å²) in [6.45, 7) is 0. The molecule has 0 spiro atoms. The highest BCUT2D eigenvalue weighted by molar-refractivity contribution is 6.05. The average Bonchev–Trinajstić information content (AvgIpc) is 3.55. The van der Waals surface area contributed by atoms with Gasteiger partial charge in [0, 0.05) is 27.8 Å². The molecular weight excluding hydrogens is 438 g/mol. The molecule has 0 unspecified atom stereocenters. The molecule has 2 aromatic heterocycles.